The number of aliphatic hydroxyl groups is 1. The Hall–Kier alpha value is -0.890. The van der Waals surface area contributed by atoms with Gasteiger partial charge in [0.05, 0.1) is 32.3 Å². The number of carbonyl (C=O) groups excluding carboxylic acids is 1. The number of aliphatic hydroxyl groups excluding tert-OH is 1. The SMILES string of the molecule is Cl.O=C1C[C@@H](c2ccc(Cl)cc2)ON1C[C@@H](O)CN1CCOCC1. The average molecular weight is 377 g/mol. The fraction of sp³-hybridized carbons (Fsp3) is 0.562. The zero-order chi connectivity index (χ0) is 16.2. The highest BCUT2D eigenvalue weighted by atomic mass is 35.5. The molecule has 0 unspecified atom stereocenters. The number of β-amino-alcohol motifs (C(OH)–C–C–N with tert-alkyl or cyclic N) is 1. The first-order valence-corrected chi connectivity index (χ1v) is 8.20. The third kappa shape index (κ3) is 5.05. The molecule has 1 aromatic rings. The molecule has 6 nitrogen and oxygen atoms in total. The van der Waals surface area contributed by atoms with Gasteiger partial charge in [-0.15, -0.1) is 12.4 Å². The van der Waals surface area contributed by atoms with Crippen molar-refractivity contribution in [3.8, 4) is 0 Å². The molecule has 8 heteroatoms. The maximum absolute atomic E-state index is 12.1. The Morgan fingerprint density at radius 1 is 1.21 bits per heavy atom. The van der Waals surface area contributed by atoms with Crippen LogP contribution in [0.1, 0.15) is 18.1 Å². The first kappa shape index (κ1) is 19.4. The predicted molar refractivity (Wildman–Crippen MR) is 92.1 cm³/mol. The molecule has 2 aliphatic heterocycles. The number of ether oxygens (including phenoxy) is 1. The van der Waals surface area contributed by atoms with E-state index in [9.17, 15) is 9.90 Å². The Bertz CT molecular complexity index is 537. The van der Waals surface area contributed by atoms with E-state index < -0.39 is 6.10 Å². The summed E-state index contributed by atoms with van der Waals surface area (Å²) in [5.74, 6) is -0.106. The molecule has 2 atom stereocenters. The summed E-state index contributed by atoms with van der Waals surface area (Å²) < 4.78 is 5.28. The fourth-order valence-electron chi connectivity index (χ4n) is 2.84. The van der Waals surface area contributed by atoms with E-state index in [4.69, 9.17) is 21.2 Å². The van der Waals surface area contributed by atoms with Gasteiger partial charge in [-0.25, -0.2) is 5.06 Å². The third-order valence-electron chi connectivity index (χ3n) is 4.08. The molecule has 1 aromatic carbocycles. The topological polar surface area (TPSA) is 62.2 Å². The third-order valence-corrected chi connectivity index (χ3v) is 4.34. The molecular weight excluding hydrogens is 355 g/mol. The molecule has 24 heavy (non-hydrogen) atoms. The van der Waals surface area contributed by atoms with Crippen molar-refractivity contribution in [3.05, 3.63) is 34.9 Å². The van der Waals surface area contributed by atoms with Crippen LogP contribution in [0.3, 0.4) is 0 Å². The van der Waals surface area contributed by atoms with Gasteiger partial charge in [0.15, 0.2) is 0 Å². The molecule has 2 fully saturated rings. The van der Waals surface area contributed by atoms with E-state index in [0.29, 0.717) is 24.8 Å². The minimum absolute atomic E-state index is 0. The van der Waals surface area contributed by atoms with Gasteiger partial charge in [-0.1, -0.05) is 23.7 Å². The molecule has 1 amide bonds. The number of hydrogen-bond donors (Lipinski definition) is 1. The number of nitrogens with zero attached hydrogens (tertiary/aromatic N) is 2. The minimum Gasteiger partial charge on any atom is -0.390 e. The summed E-state index contributed by atoms with van der Waals surface area (Å²) in [6.45, 7) is 3.68. The van der Waals surface area contributed by atoms with Crippen molar-refractivity contribution in [1.29, 1.82) is 0 Å². The number of hydroxylamine groups is 2. The second-order valence-corrected chi connectivity index (χ2v) is 6.31. The lowest BCUT2D eigenvalue weighted by atomic mass is 10.1. The van der Waals surface area contributed by atoms with Crippen molar-refractivity contribution in [2.75, 3.05) is 39.4 Å². The Balaban J connectivity index is 0.00000208. The fourth-order valence-corrected chi connectivity index (χ4v) is 2.97. The van der Waals surface area contributed by atoms with E-state index in [1.165, 1.54) is 5.06 Å². The standard InChI is InChI=1S/C16H21ClN2O4.ClH/c17-13-3-1-12(2-4-13)15-9-16(21)19(23-15)11-14(20)10-18-5-7-22-8-6-18;/h1-4,14-15,20H,5-11H2;1H/t14-,15-;/m0./s1. The summed E-state index contributed by atoms with van der Waals surface area (Å²) in [5.41, 5.74) is 0.910. The van der Waals surface area contributed by atoms with E-state index in [1.807, 2.05) is 12.1 Å². The maximum atomic E-state index is 12.1. The average Bonchev–Trinajstić information content (AvgIpc) is 2.90. The summed E-state index contributed by atoms with van der Waals surface area (Å²) in [4.78, 5) is 19.9. The summed E-state index contributed by atoms with van der Waals surface area (Å²) >= 11 is 5.87. The molecule has 1 N–H and O–H groups in total. The number of benzene rings is 1. The molecule has 0 bridgehead atoms. The number of hydrogen-bond acceptors (Lipinski definition) is 5. The highest BCUT2D eigenvalue weighted by Crippen LogP contribution is 2.30. The lowest BCUT2D eigenvalue weighted by Crippen LogP contribution is -2.44. The summed E-state index contributed by atoms with van der Waals surface area (Å²) in [6.07, 6.45) is -0.664. The van der Waals surface area contributed by atoms with Gasteiger partial charge in [-0.05, 0) is 17.7 Å². The van der Waals surface area contributed by atoms with E-state index in [1.54, 1.807) is 12.1 Å². The van der Waals surface area contributed by atoms with Crippen LogP contribution in [0.25, 0.3) is 0 Å². The van der Waals surface area contributed by atoms with Crippen LogP contribution in [0, 0.1) is 0 Å². The van der Waals surface area contributed by atoms with Crippen LogP contribution in [-0.4, -0.2) is 66.5 Å². The molecule has 0 saturated carbocycles. The molecule has 2 heterocycles. The summed E-state index contributed by atoms with van der Waals surface area (Å²) in [7, 11) is 0. The van der Waals surface area contributed by atoms with Gasteiger partial charge in [0.1, 0.15) is 6.10 Å². The number of amides is 1. The minimum atomic E-state index is -0.638. The van der Waals surface area contributed by atoms with Gasteiger partial charge >= 0.3 is 0 Å². The summed E-state index contributed by atoms with van der Waals surface area (Å²) in [6, 6.07) is 7.27. The van der Waals surface area contributed by atoms with E-state index in [2.05, 4.69) is 4.90 Å². The van der Waals surface area contributed by atoms with Crippen LogP contribution in [0.2, 0.25) is 5.02 Å². The predicted octanol–water partition coefficient (Wildman–Crippen LogP) is 1.66. The molecule has 3 rings (SSSR count). The van der Waals surface area contributed by atoms with Gasteiger partial charge < -0.3 is 9.84 Å². The zero-order valence-corrected chi connectivity index (χ0v) is 14.8. The highest BCUT2D eigenvalue weighted by Gasteiger charge is 2.33. The highest BCUT2D eigenvalue weighted by molar-refractivity contribution is 6.30. The Kier molecular flexibility index (Phi) is 7.28. The van der Waals surface area contributed by atoms with Crippen molar-refractivity contribution < 1.29 is 19.5 Å². The largest absolute Gasteiger partial charge is 0.390 e. The molecule has 2 saturated heterocycles. The van der Waals surface area contributed by atoms with Gasteiger partial charge in [-0.2, -0.15) is 0 Å². The van der Waals surface area contributed by atoms with Crippen LogP contribution in [0.15, 0.2) is 24.3 Å². The second-order valence-electron chi connectivity index (χ2n) is 5.87. The number of carbonyl (C=O) groups is 1. The van der Waals surface area contributed by atoms with Crippen LogP contribution < -0.4 is 0 Å². The normalized spacial score (nSPS) is 23.2. The second kappa shape index (κ2) is 8.99. The van der Waals surface area contributed by atoms with Crippen LogP contribution in [-0.2, 0) is 14.4 Å². The molecule has 0 spiro atoms. The lowest BCUT2D eigenvalue weighted by Gasteiger charge is -2.29. The van der Waals surface area contributed by atoms with Gasteiger partial charge in [0.2, 0.25) is 5.91 Å². The van der Waals surface area contributed by atoms with Gasteiger partial charge in [0, 0.05) is 24.7 Å². The van der Waals surface area contributed by atoms with E-state index in [-0.39, 0.29) is 37.4 Å². The maximum Gasteiger partial charge on any atom is 0.249 e. The van der Waals surface area contributed by atoms with E-state index >= 15 is 0 Å². The smallest absolute Gasteiger partial charge is 0.249 e. The van der Waals surface area contributed by atoms with Crippen molar-refractivity contribution >= 4 is 29.9 Å². The molecule has 2 aliphatic rings. The van der Waals surface area contributed by atoms with Crippen molar-refractivity contribution in [3.63, 3.8) is 0 Å². The Labute approximate surface area is 152 Å². The quantitative estimate of drug-likeness (QED) is 0.846. The molecular formula is C16H22Cl2N2O4. The number of halogens is 2. The van der Waals surface area contributed by atoms with Crippen molar-refractivity contribution in [2.24, 2.45) is 0 Å². The van der Waals surface area contributed by atoms with Crippen LogP contribution in [0.4, 0.5) is 0 Å². The first-order chi connectivity index (χ1) is 11.1. The van der Waals surface area contributed by atoms with E-state index in [0.717, 1.165) is 18.7 Å². The van der Waals surface area contributed by atoms with Crippen LogP contribution >= 0.6 is 24.0 Å². The van der Waals surface area contributed by atoms with Gasteiger partial charge in [0.25, 0.3) is 0 Å². The molecule has 0 aliphatic carbocycles. The molecule has 0 aromatic heterocycles. The lowest BCUT2D eigenvalue weighted by molar-refractivity contribution is -0.182. The number of morpholine rings is 1. The monoisotopic (exact) mass is 376 g/mol. The Morgan fingerprint density at radius 2 is 1.88 bits per heavy atom. The molecule has 134 valence electrons. The van der Waals surface area contributed by atoms with Crippen molar-refractivity contribution in [1.82, 2.24) is 9.96 Å². The van der Waals surface area contributed by atoms with Crippen molar-refractivity contribution in [2.45, 2.75) is 18.6 Å². The first-order valence-electron chi connectivity index (χ1n) is 7.82. The summed E-state index contributed by atoms with van der Waals surface area (Å²) in [5, 5.41) is 12.1. The zero-order valence-electron chi connectivity index (χ0n) is 13.3. The van der Waals surface area contributed by atoms with Crippen LogP contribution in [0.5, 0.6) is 0 Å². The Morgan fingerprint density at radius 3 is 2.54 bits per heavy atom. The molecule has 0 radical (unpaired) electrons. The van der Waals surface area contributed by atoms with Gasteiger partial charge in [-0.3, -0.25) is 14.5 Å². The number of rotatable bonds is 5.